The summed E-state index contributed by atoms with van der Waals surface area (Å²) in [6.07, 6.45) is -1.41. The van der Waals surface area contributed by atoms with Gasteiger partial charge in [-0.15, -0.1) is 0 Å². The molecule has 1 aromatic rings. The van der Waals surface area contributed by atoms with Gasteiger partial charge in [-0.3, -0.25) is 0 Å². The minimum absolute atomic E-state index is 0.0990. The summed E-state index contributed by atoms with van der Waals surface area (Å²) < 4.78 is 37.3. The van der Waals surface area contributed by atoms with Crippen LogP contribution >= 0.6 is 0 Å². The van der Waals surface area contributed by atoms with Crippen molar-refractivity contribution in [3.8, 4) is 6.07 Å². The molecule has 90 valence electrons. The van der Waals surface area contributed by atoms with Gasteiger partial charge in [-0.2, -0.15) is 18.4 Å². The molecule has 1 aliphatic carbocycles. The first kappa shape index (κ1) is 11.7. The molecule has 0 amide bonds. The van der Waals surface area contributed by atoms with Crippen LogP contribution in [0.25, 0.3) is 0 Å². The Morgan fingerprint density at radius 3 is 2.71 bits per heavy atom. The van der Waals surface area contributed by atoms with Gasteiger partial charge in [0, 0.05) is 12.2 Å². The van der Waals surface area contributed by atoms with Crippen LogP contribution in [-0.2, 0) is 0 Å². The SMILES string of the molecule is N#Cc1ccnc(N(CC(F)(F)F)C2CC2)c1. The monoisotopic (exact) mass is 241 g/mol. The maximum atomic E-state index is 12.4. The average Bonchev–Trinajstić information content (AvgIpc) is 3.09. The van der Waals surface area contributed by atoms with E-state index >= 15 is 0 Å². The molecule has 0 aliphatic heterocycles. The van der Waals surface area contributed by atoms with Crippen LogP contribution < -0.4 is 4.90 Å². The van der Waals surface area contributed by atoms with Crippen molar-refractivity contribution in [2.75, 3.05) is 11.4 Å². The molecule has 0 radical (unpaired) electrons. The number of halogens is 3. The highest BCUT2D eigenvalue weighted by molar-refractivity contribution is 5.47. The van der Waals surface area contributed by atoms with Gasteiger partial charge in [0.2, 0.25) is 0 Å². The zero-order chi connectivity index (χ0) is 12.5. The molecule has 0 bridgehead atoms. The van der Waals surface area contributed by atoms with Crippen molar-refractivity contribution < 1.29 is 13.2 Å². The normalized spacial score (nSPS) is 15.4. The van der Waals surface area contributed by atoms with E-state index < -0.39 is 12.7 Å². The zero-order valence-corrected chi connectivity index (χ0v) is 8.91. The summed E-state index contributed by atoms with van der Waals surface area (Å²) >= 11 is 0. The molecule has 0 N–H and O–H groups in total. The molecule has 0 aromatic carbocycles. The van der Waals surface area contributed by atoms with E-state index in [0.29, 0.717) is 5.56 Å². The lowest BCUT2D eigenvalue weighted by molar-refractivity contribution is -0.120. The highest BCUT2D eigenvalue weighted by Crippen LogP contribution is 2.33. The molecule has 1 fully saturated rings. The molecule has 1 aromatic heterocycles. The lowest BCUT2D eigenvalue weighted by atomic mass is 10.2. The first-order chi connectivity index (χ1) is 7.99. The number of nitriles is 1. The van der Waals surface area contributed by atoms with Crippen molar-refractivity contribution in [1.29, 1.82) is 5.26 Å². The Hall–Kier alpha value is -1.77. The average molecular weight is 241 g/mol. The smallest absolute Gasteiger partial charge is 0.344 e. The topological polar surface area (TPSA) is 39.9 Å². The van der Waals surface area contributed by atoms with Crippen LogP contribution in [0.5, 0.6) is 0 Å². The predicted octanol–water partition coefficient (Wildman–Crippen LogP) is 2.48. The van der Waals surface area contributed by atoms with Crippen molar-refractivity contribution in [3.63, 3.8) is 0 Å². The van der Waals surface area contributed by atoms with Crippen LogP contribution in [0.2, 0.25) is 0 Å². The van der Waals surface area contributed by atoms with E-state index in [1.165, 1.54) is 23.2 Å². The first-order valence-electron chi connectivity index (χ1n) is 5.19. The van der Waals surface area contributed by atoms with E-state index in [0.717, 1.165) is 12.8 Å². The third kappa shape index (κ3) is 3.09. The number of aromatic nitrogens is 1. The number of rotatable bonds is 3. The van der Waals surface area contributed by atoms with Crippen LogP contribution in [0, 0.1) is 11.3 Å². The van der Waals surface area contributed by atoms with E-state index in [1.807, 2.05) is 6.07 Å². The molecule has 0 unspecified atom stereocenters. The summed E-state index contributed by atoms with van der Waals surface area (Å²) in [5.74, 6) is 0.226. The molecular weight excluding hydrogens is 231 g/mol. The summed E-state index contributed by atoms with van der Waals surface area (Å²) in [6.45, 7) is -1.01. The Morgan fingerprint density at radius 1 is 1.47 bits per heavy atom. The summed E-state index contributed by atoms with van der Waals surface area (Å²) in [5.41, 5.74) is 0.322. The largest absolute Gasteiger partial charge is 0.405 e. The maximum absolute atomic E-state index is 12.4. The van der Waals surface area contributed by atoms with E-state index in [9.17, 15) is 13.2 Å². The number of pyridine rings is 1. The van der Waals surface area contributed by atoms with Crippen molar-refractivity contribution in [2.45, 2.75) is 25.1 Å². The molecule has 0 spiro atoms. The fourth-order valence-electron chi connectivity index (χ4n) is 1.62. The second-order valence-electron chi connectivity index (χ2n) is 3.99. The summed E-state index contributed by atoms with van der Waals surface area (Å²) in [4.78, 5) is 5.13. The van der Waals surface area contributed by atoms with Crippen molar-refractivity contribution in [3.05, 3.63) is 23.9 Å². The van der Waals surface area contributed by atoms with Gasteiger partial charge in [-0.05, 0) is 25.0 Å². The molecule has 2 rings (SSSR count). The molecule has 1 heterocycles. The van der Waals surface area contributed by atoms with Gasteiger partial charge in [-0.25, -0.2) is 4.98 Å². The standard InChI is InChI=1S/C11H10F3N3/c12-11(13,14)7-17(9-1-2-9)10-5-8(6-15)3-4-16-10/h3-5,9H,1-2,7H2. The summed E-state index contributed by atoms with van der Waals surface area (Å²) in [5, 5.41) is 8.71. The van der Waals surface area contributed by atoms with Gasteiger partial charge in [0.05, 0.1) is 11.6 Å². The van der Waals surface area contributed by atoms with Crippen LogP contribution in [-0.4, -0.2) is 23.7 Å². The van der Waals surface area contributed by atoms with E-state index in [1.54, 1.807) is 0 Å². The number of alkyl halides is 3. The zero-order valence-electron chi connectivity index (χ0n) is 8.91. The Morgan fingerprint density at radius 2 is 2.18 bits per heavy atom. The summed E-state index contributed by atoms with van der Waals surface area (Å²) in [7, 11) is 0. The molecular formula is C11H10F3N3. The van der Waals surface area contributed by atoms with Crippen LogP contribution in [0.15, 0.2) is 18.3 Å². The lowest BCUT2D eigenvalue weighted by Crippen LogP contribution is -2.36. The van der Waals surface area contributed by atoms with Gasteiger partial charge >= 0.3 is 6.18 Å². The first-order valence-corrected chi connectivity index (χ1v) is 5.19. The Kier molecular flexibility index (Phi) is 2.92. The molecule has 0 atom stereocenters. The molecule has 0 saturated heterocycles. The molecule has 1 saturated carbocycles. The minimum atomic E-state index is -4.26. The van der Waals surface area contributed by atoms with Crippen LogP contribution in [0.1, 0.15) is 18.4 Å². The summed E-state index contributed by atoms with van der Waals surface area (Å²) in [6, 6.07) is 4.66. The van der Waals surface area contributed by atoms with Crippen LogP contribution in [0.3, 0.4) is 0 Å². The highest BCUT2D eigenvalue weighted by atomic mass is 19.4. The van der Waals surface area contributed by atoms with Crippen molar-refractivity contribution in [2.24, 2.45) is 0 Å². The van der Waals surface area contributed by atoms with E-state index in [-0.39, 0.29) is 11.9 Å². The van der Waals surface area contributed by atoms with Gasteiger partial charge in [0.15, 0.2) is 0 Å². The Balaban J connectivity index is 2.23. The molecule has 17 heavy (non-hydrogen) atoms. The van der Waals surface area contributed by atoms with Crippen LogP contribution in [0.4, 0.5) is 19.0 Å². The highest BCUT2D eigenvalue weighted by Gasteiger charge is 2.38. The maximum Gasteiger partial charge on any atom is 0.405 e. The third-order valence-corrected chi connectivity index (χ3v) is 2.51. The molecule has 6 heteroatoms. The quantitative estimate of drug-likeness (QED) is 0.816. The molecule has 1 aliphatic rings. The third-order valence-electron chi connectivity index (χ3n) is 2.51. The second kappa shape index (κ2) is 4.24. The predicted molar refractivity (Wildman–Crippen MR) is 55.4 cm³/mol. The fourth-order valence-corrected chi connectivity index (χ4v) is 1.62. The van der Waals surface area contributed by atoms with Gasteiger partial charge in [0.25, 0.3) is 0 Å². The number of nitrogens with zero attached hydrogens (tertiary/aromatic N) is 3. The van der Waals surface area contributed by atoms with Gasteiger partial charge in [0.1, 0.15) is 12.4 Å². The Labute approximate surface area is 96.5 Å². The van der Waals surface area contributed by atoms with Gasteiger partial charge < -0.3 is 4.90 Å². The Bertz CT molecular complexity index is 446. The van der Waals surface area contributed by atoms with E-state index in [4.69, 9.17) is 5.26 Å². The number of hydrogen-bond donors (Lipinski definition) is 0. The van der Waals surface area contributed by atoms with E-state index in [2.05, 4.69) is 4.98 Å². The van der Waals surface area contributed by atoms with Crippen molar-refractivity contribution in [1.82, 2.24) is 4.98 Å². The number of anilines is 1. The molecule has 3 nitrogen and oxygen atoms in total. The fraction of sp³-hybridized carbons (Fsp3) is 0.455. The van der Waals surface area contributed by atoms with Gasteiger partial charge in [-0.1, -0.05) is 0 Å². The lowest BCUT2D eigenvalue weighted by Gasteiger charge is -2.24. The number of hydrogen-bond acceptors (Lipinski definition) is 3. The van der Waals surface area contributed by atoms with Crippen molar-refractivity contribution >= 4 is 5.82 Å². The second-order valence-corrected chi connectivity index (χ2v) is 3.99. The minimum Gasteiger partial charge on any atom is -0.344 e.